The molecular weight excluding hydrogens is 316 g/mol. The van der Waals surface area contributed by atoms with Crippen LogP contribution in [0.3, 0.4) is 0 Å². The van der Waals surface area contributed by atoms with E-state index in [0.717, 1.165) is 40.0 Å². The Hall–Kier alpha value is -2.79. The molecule has 0 fully saturated rings. The lowest BCUT2D eigenvalue weighted by molar-refractivity contribution is -0.142. The van der Waals surface area contributed by atoms with E-state index in [-0.39, 0.29) is 11.9 Å². The Morgan fingerprint density at radius 2 is 2.04 bits per heavy atom. The van der Waals surface area contributed by atoms with E-state index in [1.807, 2.05) is 48.5 Å². The van der Waals surface area contributed by atoms with Crippen LogP contribution in [0.25, 0.3) is 10.9 Å². The molecule has 1 atom stereocenters. The maximum Gasteiger partial charge on any atom is 0.314 e. The van der Waals surface area contributed by atoms with Crippen molar-refractivity contribution < 1.29 is 14.3 Å². The van der Waals surface area contributed by atoms with Crippen molar-refractivity contribution in [1.82, 2.24) is 10.3 Å². The van der Waals surface area contributed by atoms with Crippen molar-refractivity contribution in [2.45, 2.75) is 19.1 Å². The fourth-order valence-corrected chi connectivity index (χ4v) is 3.40. The van der Waals surface area contributed by atoms with Crippen molar-refractivity contribution in [3.8, 4) is 5.75 Å². The zero-order valence-electron chi connectivity index (χ0n) is 14.0. The van der Waals surface area contributed by atoms with Gasteiger partial charge in [-0.05, 0) is 29.3 Å². The van der Waals surface area contributed by atoms with Crippen LogP contribution in [-0.4, -0.2) is 24.6 Å². The van der Waals surface area contributed by atoms with E-state index in [2.05, 4.69) is 10.3 Å². The molecule has 2 N–H and O–H groups in total. The molecule has 128 valence electrons. The van der Waals surface area contributed by atoms with Gasteiger partial charge in [0.15, 0.2) is 0 Å². The van der Waals surface area contributed by atoms with Crippen LogP contribution < -0.4 is 10.1 Å². The molecule has 1 unspecified atom stereocenters. The lowest BCUT2D eigenvalue weighted by Gasteiger charge is -2.22. The monoisotopic (exact) mass is 336 g/mol. The lowest BCUT2D eigenvalue weighted by Crippen LogP contribution is -2.32. The quantitative estimate of drug-likeness (QED) is 0.719. The second-order valence-corrected chi connectivity index (χ2v) is 6.21. The fourth-order valence-electron chi connectivity index (χ4n) is 3.40. The van der Waals surface area contributed by atoms with Crippen molar-refractivity contribution in [2.75, 3.05) is 13.7 Å². The molecule has 0 aliphatic carbocycles. The molecule has 1 aromatic heterocycles. The number of hydrogen-bond acceptors (Lipinski definition) is 4. The molecular formula is C20H20N2O3. The molecule has 1 aliphatic rings. The van der Waals surface area contributed by atoms with Crippen LogP contribution in [0.15, 0.2) is 48.5 Å². The van der Waals surface area contributed by atoms with E-state index in [9.17, 15) is 4.79 Å². The van der Waals surface area contributed by atoms with Gasteiger partial charge in [0, 0.05) is 29.7 Å². The number of carbonyl (C=O) groups excluding carboxylic acids is 1. The molecule has 0 radical (unpaired) electrons. The Morgan fingerprint density at radius 3 is 2.84 bits per heavy atom. The van der Waals surface area contributed by atoms with Gasteiger partial charge in [0.25, 0.3) is 0 Å². The highest BCUT2D eigenvalue weighted by atomic mass is 16.5. The maximum atomic E-state index is 12.2. The Bertz CT molecular complexity index is 902. The third-order valence-corrected chi connectivity index (χ3v) is 4.62. The Kier molecular flexibility index (Phi) is 4.15. The van der Waals surface area contributed by atoms with E-state index in [1.54, 1.807) is 0 Å². The molecule has 0 saturated carbocycles. The van der Waals surface area contributed by atoms with Crippen molar-refractivity contribution in [2.24, 2.45) is 0 Å². The molecule has 2 heterocycles. The summed E-state index contributed by atoms with van der Waals surface area (Å²) < 4.78 is 10.9. The normalized spacial score (nSPS) is 16.4. The molecule has 1 aliphatic heterocycles. The summed E-state index contributed by atoms with van der Waals surface area (Å²) >= 11 is 0. The third-order valence-electron chi connectivity index (χ3n) is 4.62. The van der Waals surface area contributed by atoms with Gasteiger partial charge in [0.1, 0.15) is 12.4 Å². The van der Waals surface area contributed by atoms with Gasteiger partial charge in [-0.15, -0.1) is 0 Å². The lowest BCUT2D eigenvalue weighted by atomic mass is 9.93. The smallest absolute Gasteiger partial charge is 0.314 e. The number of methoxy groups -OCH3 is 1. The summed E-state index contributed by atoms with van der Waals surface area (Å²) in [5.41, 5.74) is 4.19. The molecule has 0 bridgehead atoms. The van der Waals surface area contributed by atoms with Gasteiger partial charge in [-0.25, -0.2) is 0 Å². The van der Waals surface area contributed by atoms with Crippen LogP contribution in [0.1, 0.15) is 22.7 Å². The number of H-pyrrole nitrogens is 1. The number of ether oxygens (including phenoxy) is 2. The second kappa shape index (κ2) is 6.61. The summed E-state index contributed by atoms with van der Waals surface area (Å²) in [7, 11) is 1.43. The first kappa shape index (κ1) is 15.7. The van der Waals surface area contributed by atoms with Crippen LogP contribution in [0.5, 0.6) is 5.75 Å². The third kappa shape index (κ3) is 2.98. The van der Waals surface area contributed by atoms with E-state index in [1.165, 1.54) is 7.11 Å². The van der Waals surface area contributed by atoms with Crippen LogP contribution in [0, 0.1) is 0 Å². The number of fused-ring (bicyclic) bond motifs is 3. The molecule has 2 aromatic carbocycles. The summed E-state index contributed by atoms with van der Waals surface area (Å²) in [4.78, 5) is 15.6. The predicted molar refractivity (Wildman–Crippen MR) is 95.5 cm³/mol. The zero-order valence-corrected chi connectivity index (χ0v) is 14.0. The van der Waals surface area contributed by atoms with E-state index >= 15 is 0 Å². The first-order valence-corrected chi connectivity index (χ1v) is 8.36. The average molecular weight is 336 g/mol. The zero-order chi connectivity index (χ0) is 17.2. The minimum atomic E-state index is -0.299. The number of aromatic amines is 1. The fraction of sp³-hybridized carbons (Fsp3) is 0.250. The Balaban J connectivity index is 1.67. The molecule has 0 spiro atoms. The van der Waals surface area contributed by atoms with Crippen LogP contribution in [0.2, 0.25) is 0 Å². The van der Waals surface area contributed by atoms with Gasteiger partial charge >= 0.3 is 5.97 Å². The number of esters is 1. The van der Waals surface area contributed by atoms with Gasteiger partial charge < -0.3 is 19.8 Å². The molecule has 0 amide bonds. The highest BCUT2D eigenvalue weighted by molar-refractivity contribution is 5.92. The van der Waals surface area contributed by atoms with E-state index in [4.69, 9.17) is 9.47 Å². The highest BCUT2D eigenvalue weighted by Crippen LogP contribution is 2.34. The maximum absolute atomic E-state index is 12.2. The van der Waals surface area contributed by atoms with Crippen molar-refractivity contribution >= 4 is 16.9 Å². The summed E-state index contributed by atoms with van der Waals surface area (Å²) in [6.07, 6.45) is 0. The Morgan fingerprint density at radius 1 is 1.20 bits per heavy atom. The predicted octanol–water partition coefficient (Wildman–Crippen LogP) is 3.11. The molecule has 25 heavy (non-hydrogen) atoms. The highest BCUT2D eigenvalue weighted by Gasteiger charge is 2.30. The Labute approximate surface area is 146 Å². The van der Waals surface area contributed by atoms with Crippen LogP contribution in [-0.2, 0) is 22.7 Å². The summed E-state index contributed by atoms with van der Waals surface area (Å²) in [6.45, 7) is 1.82. The molecule has 4 rings (SSSR count). The number of rotatable bonds is 4. The molecule has 0 saturated heterocycles. The first-order chi connectivity index (χ1) is 12.3. The van der Waals surface area contributed by atoms with Crippen molar-refractivity contribution in [1.29, 1.82) is 0 Å². The van der Waals surface area contributed by atoms with E-state index < -0.39 is 0 Å². The standard InChI is InChI=1S/C20H20N2O3/c1-24-20(23)16-10-21-11-18-19(16)15-9-14(7-8-17(15)22-18)25-12-13-5-3-2-4-6-13/h2-9,16,21-22H,10-12H2,1H3. The number of hydrogen-bond donors (Lipinski definition) is 2. The van der Waals surface area contributed by atoms with Crippen molar-refractivity contribution in [3.63, 3.8) is 0 Å². The number of benzene rings is 2. The largest absolute Gasteiger partial charge is 0.489 e. The van der Waals surface area contributed by atoms with Crippen molar-refractivity contribution in [3.05, 3.63) is 65.4 Å². The molecule has 5 nitrogen and oxygen atoms in total. The SMILES string of the molecule is COC(=O)C1CNCc2[nH]c3ccc(OCc4ccccc4)cc3c21. The van der Waals surface area contributed by atoms with Gasteiger partial charge in [0.2, 0.25) is 0 Å². The first-order valence-electron chi connectivity index (χ1n) is 8.36. The second-order valence-electron chi connectivity index (χ2n) is 6.21. The van der Waals surface area contributed by atoms with Gasteiger partial charge in [-0.3, -0.25) is 4.79 Å². The van der Waals surface area contributed by atoms with E-state index in [0.29, 0.717) is 13.2 Å². The average Bonchev–Trinajstić information content (AvgIpc) is 3.04. The number of aromatic nitrogens is 1. The molecule has 5 heteroatoms. The van der Waals surface area contributed by atoms with Crippen LogP contribution in [0.4, 0.5) is 0 Å². The number of carbonyl (C=O) groups is 1. The summed E-state index contributed by atoms with van der Waals surface area (Å²) in [5, 5.41) is 4.29. The van der Waals surface area contributed by atoms with Gasteiger partial charge in [-0.1, -0.05) is 30.3 Å². The topological polar surface area (TPSA) is 63.3 Å². The van der Waals surface area contributed by atoms with Crippen LogP contribution >= 0.6 is 0 Å². The minimum absolute atomic E-state index is 0.218. The summed E-state index contributed by atoms with van der Waals surface area (Å²) in [6, 6.07) is 16.0. The minimum Gasteiger partial charge on any atom is -0.489 e. The molecule has 3 aromatic rings. The number of nitrogens with one attached hydrogen (secondary N) is 2. The van der Waals surface area contributed by atoms with Gasteiger partial charge in [0.05, 0.1) is 13.0 Å². The van der Waals surface area contributed by atoms with Gasteiger partial charge in [-0.2, -0.15) is 0 Å². The summed E-state index contributed by atoms with van der Waals surface area (Å²) in [5.74, 6) is 0.275.